The Hall–Kier alpha value is -3.50. The maximum absolute atomic E-state index is 13.5. The lowest BCUT2D eigenvalue weighted by atomic mass is 10.0. The molecule has 0 aromatic rings. The van der Waals surface area contributed by atoms with E-state index in [0.29, 0.717) is 25.8 Å². The number of hydrogen-bond donors (Lipinski definition) is 10. The van der Waals surface area contributed by atoms with E-state index >= 15 is 0 Å². The minimum Gasteiger partial charge on any atom is -0.480 e. The molecule has 16 nitrogen and oxygen atoms in total. The van der Waals surface area contributed by atoms with Gasteiger partial charge in [-0.25, -0.2) is 4.79 Å². The van der Waals surface area contributed by atoms with Crippen LogP contribution in [-0.4, -0.2) is 95.2 Å². The molecular weight excluding hydrogens is 574 g/mol. The van der Waals surface area contributed by atoms with Gasteiger partial charge in [0.2, 0.25) is 23.6 Å². The summed E-state index contributed by atoms with van der Waals surface area (Å²) in [7, 11) is 0. The number of amides is 4. The van der Waals surface area contributed by atoms with Crippen molar-refractivity contribution in [3.8, 4) is 0 Å². The van der Waals surface area contributed by atoms with E-state index in [-0.39, 0.29) is 50.0 Å². The third-order valence-electron chi connectivity index (χ3n) is 6.60. The van der Waals surface area contributed by atoms with E-state index in [9.17, 15) is 34.2 Å². The van der Waals surface area contributed by atoms with Gasteiger partial charge in [0.05, 0.1) is 12.1 Å². The summed E-state index contributed by atoms with van der Waals surface area (Å²) in [6, 6.07) is -5.83. The fourth-order valence-electron chi connectivity index (χ4n) is 4.31. The number of rotatable bonds is 22. The van der Waals surface area contributed by atoms with Gasteiger partial charge in [-0.05, 0) is 70.3 Å². The van der Waals surface area contributed by atoms with Crippen molar-refractivity contribution in [3.63, 3.8) is 0 Å². The number of nitrogens with two attached hydrogens (primary N) is 4. The van der Waals surface area contributed by atoms with E-state index in [2.05, 4.69) is 26.3 Å². The molecule has 0 aliphatic carbocycles. The van der Waals surface area contributed by atoms with Gasteiger partial charge in [-0.2, -0.15) is 0 Å². The van der Waals surface area contributed by atoms with Crippen molar-refractivity contribution in [1.82, 2.24) is 21.3 Å². The van der Waals surface area contributed by atoms with E-state index < -0.39 is 65.9 Å². The summed E-state index contributed by atoms with van der Waals surface area (Å²) in [5.74, 6) is -4.22. The summed E-state index contributed by atoms with van der Waals surface area (Å²) in [6.07, 6.45) is 0.737. The molecule has 0 radical (unpaired) electrons. The second-order valence-electron chi connectivity index (χ2n) is 11.8. The fraction of sp³-hybridized carbons (Fsp3) is 0.786. The molecule has 6 atom stereocenters. The summed E-state index contributed by atoms with van der Waals surface area (Å²) >= 11 is 0. The third kappa shape index (κ3) is 17.0. The maximum atomic E-state index is 13.5. The number of carboxylic acids is 1. The lowest BCUT2D eigenvalue weighted by molar-refractivity contribution is -0.142. The predicted octanol–water partition coefficient (Wildman–Crippen LogP) is -2.01. The first-order valence-corrected chi connectivity index (χ1v) is 15.1. The monoisotopic (exact) mass is 629 g/mol. The van der Waals surface area contributed by atoms with Gasteiger partial charge in [-0.3, -0.25) is 24.2 Å². The lowest BCUT2D eigenvalue weighted by Crippen LogP contribution is -2.60. The first kappa shape index (κ1) is 40.5. The number of hydrogen-bond acceptors (Lipinski definition) is 9. The Labute approximate surface area is 259 Å². The normalized spacial score (nSPS) is 15.3. The number of nitrogens with zero attached hydrogens (tertiary/aromatic N) is 1. The van der Waals surface area contributed by atoms with Crippen LogP contribution in [0.3, 0.4) is 0 Å². The van der Waals surface area contributed by atoms with Crippen LogP contribution >= 0.6 is 0 Å². The molecule has 0 unspecified atom stereocenters. The Morgan fingerprint density at radius 3 is 1.73 bits per heavy atom. The first-order valence-electron chi connectivity index (χ1n) is 15.1. The molecular formula is C28H55N9O7. The molecule has 0 aromatic heterocycles. The second-order valence-corrected chi connectivity index (χ2v) is 11.8. The zero-order valence-corrected chi connectivity index (χ0v) is 26.7. The Balaban J connectivity index is 5.91. The second kappa shape index (κ2) is 21.2. The molecule has 0 saturated carbocycles. The van der Waals surface area contributed by atoms with Crippen molar-refractivity contribution in [2.75, 3.05) is 13.1 Å². The highest BCUT2D eigenvalue weighted by Gasteiger charge is 2.33. The average Bonchev–Trinajstić information content (AvgIpc) is 2.90. The first-order chi connectivity index (χ1) is 20.5. The number of aliphatic carboxylic acids is 1. The van der Waals surface area contributed by atoms with E-state index in [1.54, 1.807) is 0 Å². The van der Waals surface area contributed by atoms with Crippen molar-refractivity contribution in [1.29, 1.82) is 0 Å². The van der Waals surface area contributed by atoms with Crippen molar-refractivity contribution < 1.29 is 34.2 Å². The number of nitrogens with one attached hydrogen (secondary N) is 4. The highest BCUT2D eigenvalue weighted by Crippen LogP contribution is 2.10. The number of unbranched alkanes of at least 4 members (excludes halogenated alkanes) is 1. The van der Waals surface area contributed by atoms with Crippen LogP contribution in [0.2, 0.25) is 0 Å². The summed E-state index contributed by atoms with van der Waals surface area (Å²) in [5, 5.41) is 30.0. The molecule has 44 heavy (non-hydrogen) atoms. The van der Waals surface area contributed by atoms with Crippen molar-refractivity contribution in [3.05, 3.63) is 0 Å². The largest absolute Gasteiger partial charge is 0.480 e. The minimum atomic E-state index is -1.40. The van der Waals surface area contributed by atoms with Gasteiger partial charge in [0.1, 0.15) is 24.2 Å². The van der Waals surface area contributed by atoms with Crippen LogP contribution in [0.25, 0.3) is 0 Å². The SMILES string of the molecule is CC(C)C[C@@H](N)C(=O)N[C@@H](C(=O)N[C@H](CC(C)C)C(=O)N[C@H](CCCN=C(N)N)C(=O)N[C@H](CCCCN)C(=O)O)[C@H](C)O. The topological polar surface area (TPSA) is 290 Å². The third-order valence-corrected chi connectivity index (χ3v) is 6.60. The van der Waals surface area contributed by atoms with Crippen LogP contribution in [0.4, 0.5) is 0 Å². The smallest absolute Gasteiger partial charge is 0.326 e. The highest BCUT2D eigenvalue weighted by atomic mass is 16.4. The van der Waals surface area contributed by atoms with Gasteiger partial charge < -0.3 is 54.4 Å². The van der Waals surface area contributed by atoms with Gasteiger partial charge in [0, 0.05) is 6.54 Å². The van der Waals surface area contributed by atoms with E-state index in [0.717, 1.165) is 0 Å². The predicted molar refractivity (Wildman–Crippen MR) is 167 cm³/mol. The number of aliphatic imine (C=N–C) groups is 1. The Kier molecular flexibility index (Phi) is 19.6. The van der Waals surface area contributed by atoms with Crippen LogP contribution in [0.5, 0.6) is 0 Å². The van der Waals surface area contributed by atoms with E-state index in [1.165, 1.54) is 6.92 Å². The van der Waals surface area contributed by atoms with Crippen LogP contribution in [-0.2, 0) is 24.0 Å². The zero-order valence-electron chi connectivity index (χ0n) is 26.7. The summed E-state index contributed by atoms with van der Waals surface area (Å²) in [6.45, 7) is 9.27. The average molecular weight is 630 g/mol. The van der Waals surface area contributed by atoms with Gasteiger partial charge in [-0.15, -0.1) is 0 Å². The quantitative estimate of drug-likeness (QED) is 0.0354. The highest BCUT2D eigenvalue weighted by molar-refractivity contribution is 5.95. The van der Waals surface area contributed by atoms with Crippen molar-refractivity contribution in [2.24, 2.45) is 39.8 Å². The summed E-state index contributed by atoms with van der Waals surface area (Å²) < 4.78 is 0. The van der Waals surface area contributed by atoms with Crippen LogP contribution in [0.15, 0.2) is 4.99 Å². The fourth-order valence-corrected chi connectivity index (χ4v) is 4.31. The Morgan fingerprint density at radius 2 is 1.23 bits per heavy atom. The molecule has 0 bridgehead atoms. The number of guanidine groups is 1. The van der Waals surface area contributed by atoms with Gasteiger partial charge in [0.15, 0.2) is 5.96 Å². The van der Waals surface area contributed by atoms with Gasteiger partial charge in [0.25, 0.3) is 0 Å². The molecule has 14 N–H and O–H groups in total. The number of aliphatic hydroxyl groups is 1. The van der Waals surface area contributed by atoms with Crippen LogP contribution in [0, 0.1) is 11.8 Å². The van der Waals surface area contributed by atoms with E-state index in [1.807, 2.05) is 27.7 Å². The number of carbonyl (C=O) groups excluding carboxylic acids is 4. The zero-order chi connectivity index (χ0) is 34.0. The van der Waals surface area contributed by atoms with Crippen molar-refractivity contribution >= 4 is 35.6 Å². The standard InChI is InChI=1S/C28H55N9O7/c1-15(2)13-18(30)23(39)37-22(17(5)38)26(42)36-21(14-16(3)4)25(41)34-19(10-8-12-33-28(31)32)24(40)35-20(27(43)44)9-6-7-11-29/h15-22,38H,6-14,29-30H2,1-5H3,(H,34,41)(H,35,40)(H,36,42)(H,37,39)(H,43,44)(H4,31,32,33)/t17-,18+,19+,20+,21+,22+/m0/s1. The number of carbonyl (C=O) groups is 5. The molecule has 0 spiro atoms. The minimum absolute atomic E-state index is 0.0614. The molecule has 254 valence electrons. The molecule has 0 heterocycles. The summed E-state index contributed by atoms with van der Waals surface area (Å²) in [4.78, 5) is 68.1. The lowest BCUT2D eigenvalue weighted by Gasteiger charge is -2.28. The molecule has 0 rings (SSSR count). The molecule has 16 heteroatoms. The van der Waals surface area contributed by atoms with Gasteiger partial charge >= 0.3 is 5.97 Å². The molecule has 0 aliphatic heterocycles. The molecule has 0 aliphatic rings. The van der Waals surface area contributed by atoms with Crippen LogP contribution < -0.4 is 44.2 Å². The van der Waals surface area contributed by atoms with Gasteiger partial charge in [-0.1, -0.05) is 27.7 Å². The molecule has 0 saturated heterocycles. The summed E-state index contributed by atoms with van der Waals surface area (Å²) in [5.41, 5.74) is 22.1. The molecule has 4 amide bonds. The van der Waals surface area contributed by atoms with Crippen molar-refractivity contribution in [2.45, 2.75) is 116 Å². The molecule has 0 aromatic carbocycles. The number of aliphatic hydroxyl groups excluding tert-OH is 1. The Morgan fingerprint density at radius 1 is 0.705 bits per heavy atom. The maximum Gasteiger partial charge on any atom is 0.326 e. The van der Waals surface area contributed by atoms with Crippen LogP contribution in [0.1, 0.15) is 79.6 Å². The number of carboxylic acid groups (broad SMARTS) is 1. The molecule has 0 fully saturated rings. The Bertz CT molecular complexity index is 956. The van der Waals surface area contributed by atoms with E-state index in [4.69, 9.17) is 22.9 Å².